The number of hydrogen-bond donors (Lipinski definition) is 1. The molecule has 30 heavy (non-hydrogen) atoms. The highest BCUT2D eigenvalue weighted by molar-refractivity contribution is 5.83. The maximum Gasteiger partial charge on any atom is 0.310 e. The smallest absolute Gasteiger partial charge is 0.310 e. The van der Waals surface area contributed by atoms with Crippen molar-refractivity contribution in [2.24, 2.45) is 5.10 Å². The van der Waals surface area contributed by atoms with Crippen LogP contribution in [-0.4, -0.2) is 23.7 Å². The van der Waals surface area contributed by atoms with E-state index in [0.29, 0.717) is 12.4 Å². The highest BCUT2D eigenvalue weighted by atomic mass is 16.6. The van der Waals surface area contributed by atoms with E-state index in [1.54, 1.807) is 12.1 Å². The molecule has 0 aliphatic carbocycles. The summed E-state index contributed by atoms with van der Waals surface area (Å²) < 4.78 is 11.0. The fourth-order valence-electron chi connectivity index (χ4n) is 2.51. The molecule has 0 spiro atoms. The first-order chi connectivity index (χ1) is 14.6. The monoisotopic (exact) mass is 405 g/mol. The van der Waals surface area contributed by atoms with Crippen LogP contribution < -0.4 is 14.9 Å². The van der Waals surface area contributed by atoms with Gasteiger partial charge in [0.2, 0.25) is 0 Å². The van der Waals surface area contributed by atoms with E-state index in [1.807, 2.05) is 48.5 Å². The van der Waals surface area contributed by atoms with Gasteiger partial charge in [0, 0.05) is 6.07 Å². The van der Waals surface area contributed by atoms with Crippen molar-refractivity contribution in [3.05, 3.63) is 100 Å². The zero-order chi connectivity index (χ0) is 21.2. The second-order valence-corrected chi connectivity index (χ2v) is 6.15. The van der Waals surface area contributed by atoms with Crippen LogP contribution in [0.1, 0.15) is 11.1 Å². The van der Waals surface area contributed by atoms with Gasteiger partial charge in [-0.1, -0.05) is 54.6 Å². The highest BCUT2D eigenvalue weighted by Crippen LogP contribution is 2.25. The molecule has 3 aromatic carbocycles. The van der Waals surface area contributed by atoms with Crippen molar-refractivity contribution in [1.29, 1.82) is 0 Å². The molecule has 0 heterocycles. The van der Waals surface area contributed by atoms with E-state index < -0.39 is 17.4 Å². The summed E-state index contributed by atoms with van der Waals surface area (Å²) in [5.41, 5.74) is 3.91. The van der Waals surface area contributed by atoms with Gasteiger partial charge in [-0.3, -0.25) is 14.9 Å². The summed E-state index contributed by atoms with van der Waals surface area (Å²) in [5, 5.41) is 14.8. The van der Waals surface area contributed by atoms with Crippen LogP contribution in [0.25, 0.3) is 0 Å². The molecule has 0 aliphatic rings. The number of nitro benzene ring substituents is 1. The molecule has 3 rings (SSSR count). The van der Waals surface area contributed by atoms with Gasteiger partial charge < -0.3 is 9.47 Å². The van der Waals surface area contributed by atoms with Gasteiger partial charge in [-0.2, -0.15) is 5.10 Å². The molecule has 0 atom stereocenters. The second kappa shape index (κ2) is 10.4. The van der Waals surface area contributed by atoms with Crippen molar-refractivity contribution < 1.29 is 19.2 Å². The minimum absolute atomic E-state index is 0.0184. The van der Waals surface area contributed by atoms with Gasteiger partial charge in [-0.05, 0) is 29.3 Å². The topological polar surface area (TPSA) is 103 Å². The normalized spacial score (nSPS) is 10.5. The Labute approximate surface area is 172 Å². The number of amides is 1. The van der Waals surface area contributed by atoms with Crippen LogP contribution in [-0.2, 0) is 11.4 Å². The lowest BCUT2D eigenvalue weighted by Gasteiger charge is -2.07. The van der Waals surface area contributed by atoms with Gasteiger partial charge in [-0.15, -0.1) is 0 Å². The van der Waals surface area contributed by atoms with E-state index >= 15 is 0 Å². The number of carbonyl (C=O) groups excluding carboxylic acids is 1. The van der Waals surface area contributed by atoms with Crippen molar-refractivity contribution >= 4 is 17.8 Å². The molecule has 3 aromatic rings. The first-order valence-electron chi connectivity index (χ1n) is 9.07. The van der Waals surface area contributed by atoms with Gasteiger partial charge in [0.25, 0.3) is 5.91 Å². The van der Waals surface area contributed by atoms with E-state index in [9.17, 15) is 14.9 Å². The average molecular weight is 405 g/mol. The third-order valence-corrected chi connectivity index (χ3v) is 3.93. The lowest BCUT2D eigenvalue weighted by atomic mass is 10.2. The molecule has 0 radical (unpaired) electrons. The molecule has 0 unspecified atom stereocenters. The number of hydrazone groups is 1. The average Bonchev–Trinajstić information content (AvgIpc) is 2.77. The summed E-state index contributed by atoms with van der Waals surface area (Å²) in [5.74, 6) is 0.152. The molecular formula is C22H19N3O5. The number of nitrogens with zero attached hydrogens (tertiary/aromatic N) is 2. The van der Waals surface area contributed by atoms with Gasteiger partial charge in [-0.25, -0.2) is 5.43 Å². The molecule has 1 amide bonds. The van der Waals surface area contributed by atoms with Crippen LogP contribution in [0.3, 0.4) is 0 Å². The number of rotatable bonds is 9. The second-order valence-electron chi connectivity index (χ2n) is 6.15. The number of nitrogens with one attached hydrogen (secondary N) is 1. The van der Waals surface area contributed by atoms with E-state index in [2.05, 4.69) is 10.5 Å². The first kappa shape index (κ1) is 20.5. The lowest BCUT2D eigenvalue weighted by Crippen LogP contribution is -2.24. The Kier molecular flexibility index (Phi) is 7.10. The van der Waals surface area contributed by atoms with Crippen molar-refractivity contribution in [3.63, 3.8) is 0 Å². The Balaban J connectivity index is 1.49. The van der Waals surface area contributed by atoms with E-state index in [0.717, 1.165) is 11.1 Å². The molecule has 1 N–H and O–H groups in total. The molecule has 8 nitrogen and oxygen atoms in total. The van der Waals surface area contributed by atoms with Crippen LogP contribution in [0.4, 0.5) is 5.69 Å². The minimum atomic E-state index is -0.571. The Bertz CT molecular complexity index is 1040. The Hall–Kier alpha value is -4.20. The summed E-state index contributed by atoms with van der Waals surface area (Å²) in [6, 6.07) is 22.9. The zero-order valence-corrected chi connectivity index (χ0v) is 15.9. The first-order valence-corrected chi connectivity index (χ1v) is 9.07. The van der Waals surface area contributed by atoms with Crippen LogP contribution in [0.15, 0.2) is 84.0 Å². The molecular weight excluding hydrogens is 386 g/mol. The largest absolute Gasteiger partial charge is 0.489 e. The number of nitro groups is 1. The highest BCUT2D eigenvalue weighted by Gasteiger charge is 2.14. The van der Waals surface area contributed by atoms with Crippen molar-refractivity contribution in [1.82, 2.24) is 5.43 Å². The molecule has 8 heteroatoms. The van der Waals surface area contributed by atoms with Gasteiger partial charge in [0.15, 0.2) is 12.4 Å². The fraction of sp³-hybridized carbons (Fsp3) is 0.0909. The predicted octanol–water partition coefficient (Wildman–Crippen LogP) is 3.70. The van der Waals surface area contributed by atoms with E-state index in [4.69, 9.17) is 9.47 Å². The number of carbonyl (C=O) groups is 1. The van der Waals surface area contributed by atoms with E-state index in [1.165, 1.54) is 24.4 Å². The fourth-order valence-corrected chi connectivity index (χ4v) is 2.51. The Morgan fingerprint density at radius 1 is 1.00 bits per heavy atom. The third kappa shape index (κ3) is 6.16. The van der Waals surface area contributed by atoms with Crippen LogP contribution in [0.5, 0.6) is 11.5 Å². The summed E-state index contributed by atoms with van der Waals surface area (Å²) in [7, 11) is 0. The van der Waals surface area contributed by atoms with E-state index in [-0.39, 0.29) is 11.4 Å². The lowest BCUT2D eigenvalue weighted by molar-refractivity contribution is -0.385. The summed E-state index contributed by atoms with van der Waals surface area (Å²) in [6.45, 7) is 0.0452. The zero-order valence-electron chi connectivity index (χ0n) is 15.9. The van der Waals surface area contributed by atoms with Gasteiger partial charge >= 0.3 is 5.69 Å². The Morgan fingerprint density at radius 3 is 2.57 bits per heavy atom. The summed E-state index contributed by atoms with van der Waals surface area (Å²) in [4.78, 5) is 22.2. The molecule has 152 valence electrons. The third-order valence-electron chi connectivity index (χ3n) is 3.93. The Morgan fingerprint density at radius 2 is 1.77 bits per heavy atom. The van der Waals surface area contributed by atoms with Crippen LogP contribution in [0, 0.1) is 10.1 Å². The minimum Gasteiger partial charge on any atom is -0.489 e. The SMILES string of the molecule is O=C(COc1ccccc1[N+](=O)[O-])N/N=C\c1cccc(OCc2ccccc2)c1. The van der Waals surface area contributed by atoms with Crippen molar-refractivity contribution in [2.45, 2.75) is 6.61 Å². The quantitative estimate of drug-likeness (QED) is 0.332. The number of hydrogen-bond acceptors (Lipinski definition) is 6. The molecule has 0 bridgehead atoms. The standard InChI is InChI=1S/C22H19N3O5/c26-22(16-30-21-12-5-4-11-20(21)25(27)28)24-23-14-18-9-6-10-19(13-18)29-15-17-7-2-1-3-8-17/h1-14H,15-16H2,(H,24,26)/b23-14-. The molecule has 0 saturated heterocycles. The number of ether oxygens (including phenoxy) is 2. The summed E-state index contributed by atoms with van der Waals surface area (Å²) >= 11 is 0. The molecule has 0 aliphatic heterocycles. The van der Waals surface area contributed by atoms with Crippen molar-refractivity contribution in [2.75, 3.05) is 6.61 Å². The van der Waals surface area contributed by atoms with Gasteiger partial charge in [0.05, 0.1) is 11.1 Å². The van der Waals surface area contributed by atoms with Crippen molar-refractivity contribution in [3.8, 4) is 11.5 Å². The number of benzene rings is 3. The van der Waals surface area contributed by atoms with Gasteiger partial charge in [0.1, 0.15) is 12.4 Å². The maximum atomic E-state index is 11.9. The predicted molar refractivity (Wildman–Crippen MR) is 112 cm³/mol. The van der Waals surface area contributed by atoms with Crippen LogP contribution in [0.2, 0.25) is 0 Å². The summed E-state index contributed by atoms with van der Waals surface area (Å²) in [6.07, 6.45) is 1.47. The maximum absolute atomic E-state index is 11.9. The molecule has 0 aromatic heterocycles. The molecule has 0 saturated carbocycles. The van der Waals surface area contributed by atoms with Crippen LogP contribution >= 0.6 is 0 Å². The number of para-hydroxylation sites is 2. The molecule has 0 fully saturated rings.